The highest BCUT2D eigenvalue weighted by Gasteiger charge is 2.13. The molecule has 19 heavy (non-hydrogen) atoms. The largest absolute Gasteiger partial charge is 0.494 e. The minimum Gasteiger partial charge on any atom is -0.494 e. The normalized spacial score (nSPS) is 10.9. The Morgan fingerprint density at radius 2 is 2.05 bits per heavy atom. The van der Waals surface area contributed by atoms with Crippen LogP contribution in [0.4, 0.5) is 0 Å². The summed E-state index contributed by atoms with van der Waals surface area (Å²) in [5.41, 5.74) is 1.34. The summed E-state index contributed by atoms with van der Waals surface area (Å²) < 4.78 is 6.94. The maximum atomic E-state index is 6.00. The van der Waals surface area contributed by atoms with Crippen LogP contribution in [0.15, 0.2) is 30.7 Å². The molecule has 0 fully saturated rings. The van der Waals surface area contributed by atoms with E-state index in [0.29, 0.717) is 27.0 Å². The molecule has 0 N–H and O–H groups in total. The second-order valence-electron chi connectivity index (χ2n) is 3.77. The molecule has 0 atom stereocenters. The number of ether oxygens (including phenoxy) is 1. The second-order valence-corrected chi connectivity index (χ2v) is 4.57. The van der Waals surface area contributed by atoms with E-state index >= 15 is 0 Å². The molecule has 3 aromatic rings. The first-order valence-corrected chi connectivity index (χ1v) is 6.14. The first-order valence-electron chi connectivity index (χ1n) is 5.39. The monoisotopic (exact) mass is 294 g/mol. The molecule has 0 spiro atoms. The Bertz CT molecular complexity index is 757. The Balaban J connectivity index is 2.28. The second kappa shape index (κ2) is 4.68. The highest BCUT2D eigenvalue weighted by atomic mass is 35.5. The standard InChI is InChI=1S/C12H8Cl2N4O/c1-19-10-4-7(13)2-3-9(10)18-12-8(5-17-18)11(14)15-6-16-12/h2-6H,1H3. The molecule has 0 unspecified atom stereocenters. The molecular weight excluding hydrogens is 287 g/mol. The molecule has 0 bridgehead atoms. The summed E-state index contributed by atoms with van der Waals surface area (Å²) in [5.74, 6) is 0.604. The molecule has 5 nitrogen and oxygen atoms in total. The van der Waals surface area contributed by atoms with E-state index in [1.54, 1.807) is 30.1 Å². The van der Waals surface area contributed by atoms with Crippen LogP contribution in [0, 0.1) is 0 Å². The van der Waals surface area contributed by atoms with E-state index in [2.05, 4.69) is 15.1 Å². The number of halogens is 2. The number of hydrogen-bond acceptors (Lipinski definition) is 4. The molecule has 0 aliphatic rings. The van der Waals surface area contributed by atoms with Crippen molar-refractivity contribution in [1.82, 2.24) is 19.7 Å². The van der Waals surface area contributed by atoms with Crippen LogP contribution >= 0.6 is 23.2 Å². The van der Waals surface area contributed by atoms with Crippen LogP contribution in [0.1, 0.15) is 0 Å². The number of aromatic nitrogens is 4. The Morgan fingerprint density at radius 3 is 2.84 bits per heavy atom. The fourth-order valence-electron chi connectivity index (χ4n) is 1.82. The number of benzene rings is 1. The zero-order valence-corrected chi connectivity index (χ0v) is 11.4. The third-order valence-corrected chi connectivity index (χ3v) is 3.22. The van der Waals surface area contributed by atoms with Gasteiger partial charge in [0.2, 0.25) is 0 Å². The van der Waals surface area contributed by atoms with Gasteiger partial charge in [0, 0.05) is 11.1 Å². The van der Waals surface area contributed by atoms with Gasteiger partial charge in [0.1, 0.15) is 22.9 Å². The van der Waals surface area contributed by atoms with Gasteiger partial charge in [-0.2, -0.15) is 5.10 Å². The lowest BCUT2D eigenvalue weighted by molar-refractivity contribution is 0.412. The van der Waals surface area contributed by atoms with Gasteiger partial charge >= 0.3 is 0 Å². The topological polar surface area (TPSA) is 52.8 Å². The van der Waals surface area contributed by atoms with Crippen LogP contribution in [-0.4, -0.2) is 26.9 Å². The summed E-state index contributed by atoms with van der Waals surface area (Å²) in [5, 5.41) is 5.91. The van der Waals surface area contributed by atoms with Gasteiger partial charge in [-0.25, -0.2) is 14.6 Å². The van der Waals surface area contributed by atoms with Crippen molar-refractivity contribution in [2.24, 2.45) is 0 Å². The van der Waals surface area contributed by atoms with Gasteiger partial charge in [-0.05, 0) is 12.1 Å². The van der Waals surface area contributed by atoms with Gasteiger partial charge in [0.15, 0.2) is 5.65 Å². The van der Waals surface area contributed by atoms with E-state index in [1.165, 1.54) is 6.33 Å². The van der Waals surface area contributed by atoms with Crippen LogP contribution in [-0.2, 0) is 0 Å². The molecule has 0 radical (unpaired) electrons. The maximum absolute atomic E-state index is 6.00. The number of hydrogen-bond donors (Lipinski definition) is 0. The van der Waals surface area contributed by atoms with E-state index in [9.17, 15) is 0 Å². The van der Waals surface area contributed by atoms with Crippen molar-refractivity contribution in [1.29, 1.82) is 0 Å². The predicted octanol–water partition coefficient (Wildman–Crippen LogP) is 3.13. The third kappa shape index (κ3) is 2.01. The molecule has 0 aliphatic carbocycles. The van der Waals surface area contributed by atoms with Crippen molar-refractivity contribution in [3.8, 4) is 11.4 Å². The fourth-order valence-corrected chi connectivity index (χ4v) is 2.16. The Hall–Kier alpha value is -1.85. The summed E-state index contributed by atoms with van der Waals surface area (Å²) in [6, 6.07) is 5.28. The lowest BCUT2D eigenvalue weighted by Gasteiger charge is -2.09. The smallest absolute Gasteiger partial charge is 0.167 e. The molecule has 96 valence electrons. The zero-order chi connectivity index (χ0) is 13.4. The van der Waals surface area contributed by atoms with Gasteiger partial charge in [-0.15, -0.1) is 0 Å². The van der Waals surface area contributed by atoms with Crippen LogP contribution < -0.4 is 4.74 Å². The van der Waals surface area contributed by atoms with Crippen LogP contribution in [0.3, 0.4) is 0 Å². The van der Waals surface area contributed by atoms with Gasteiger partial charge in [-0.3, -0.25) is 0 Å². The molecule has 0 saturated heterocycles. The lowest BCUT2D eigenvalue weighted by atomic mass is 10.3. The quantitative estimate of drug-likeness (QED) is 0.682. The van der Waals surface area contributed by atoms with Crippen molar-refractivity contribution in [2.45, 2.75) is 0 Å². The minimum absolute atomic E-state index is 0.365. The predicted molar refractivity (Wildman–Crippen MR) is 73.2 cm³/mol. The zero-order valence-electron chi connectivity index (χ0n) is 9.84. The van der Waals surface area contributed by atoms with Crippen molar-refractivity contribution in [3.05, 3.63) is 40.9 Å². The number of fused-ring (bicyclic) bond motifs is 1. The van der Waals surface area contributed by atoms with Crippen LogP contribution in [0.25, 0.3) is 16.7 Å². The van der Waals surface area contributed by atoms with E-state index < -0.39 is 0 Å². The molecule has 7 heteroatoms. The summed E-state index contributed by atoms with van der Waals surface area (Å²) >= 11 is 11.9. The van der Waals surface area contributed by atoms with Gasteiger partial charge < -0.3 is 4.74 Å². The molecule has 0 saturated carbocycles. The van der Waals surface area contributed by atoms with E-state index in [-0.39, 0.29) is 0 Å². The molecule has 2 heterocycles. The highest BCUT2D eigenvalue weighted by molar-refractivity contribution is 6.33. The Kier molecular flexibility index (Phi) is 3.00. The molecule has 0 amide bonds. The lowest BCUT2D eigenvalue weighted by Crippen LogP contribution is -2.00. The first-order chi connectivity index (χ1) is 9.20. The van der Waals surface area contributed by atoms with Crippen molar-refractivity contribution in [3.63, 3.8) is 0 Å². The van der Waals surface area contributed by atoms with E-state index in [4.69, 9.17) is 27.9 Å². The van der Waals surface area contributed by atoms with Gasteiger partial charge in [-0.1, -0.05) is 23.2 Å². The maximum Gasteiger partial charge on any atom is 0.167 e. The third-order valence-electron chi connectivity index (χ3n) is 2.69. The summed E-state index contributed by atoms with van der Waals surface area (Å²) in [4.78, 5) is 8.11. The molecule has 2 aromatic heterocycles. The van der Waals surface area contributed by atoms with Crippen molar-refractivity contribution in [2.75, 3.05) is 7.11 Å². The average molecular weight is 295 g/mol. The Morgan fingerprint density at radius 1 is 1.21 bits per heavy atom. The number of methoxy groups -OCH3 is 1. The molecular formula is C12H8Cl2N4O. The summed E-state index contributed by atoms with van der Waals surface area (Å²) in [7, 11) is 1.57. The SMILES string of the molecule is COc1cc(Cl)ccc1-n1ncc2c(Cl)ncnc21. The van der Waals surface area contributed by atoms with Crippen LogP contribution in [0.2, 0.25) is 10.2 Å². The summed E-state index contributed by atoms with van der Waals surface area (Å²) in [6.07, 6.45) is 3.01. The number of nitrogens with zero attached hydrogens (tertiary/aromatic N) is 4. The fraction of sp³-hybridized carbons (Fsp3) is 0.0833. The van der Waals surface area contributed by atoms with E-state index in [1.807, 2.05) is 6.07 Å². The van der Waals surface area contributed by atoms with E-state index in [0.717, 1.165) is 5.69 Å². The Labute approximate surface area is 118 Å². The number of rotatable bonds is 2. The average Bonchev–Trinajstić information content (AvgIpc) is 2.84. The van der Waals surface area contributed by atoms with Gasteiger partial charge in [0.05, 0.1) is 18.7 Å². The molecule has 1 aromatic carbocycles. The summed E-state index contributed by atoms with van der Waals surface area (Å²) in [6.45, 7) is 0. The van der Waals surface area contributed by atoms with Crippen molar-refractivity contribution >= 4 is 34.2 Å². The van der Waals surface area contributed by atoms with Crippen LogP contribution in [0.5, 0.6) is 5.75 Å². The van der Waals surface area contributed by atoms with Gasteiger partial charge in [0.25, 0.3) is 0 Å². The first kappa shape index (κ1) is 12.2. The molecule has 0 aliphatic heterocycles. The van der Waals surface area contributed by atoms with Crippen molar-refractivity contribution < 1.29 is 4.74 Å². The molecule has 3 rings (SSSR count). The minimum atomic E-state index is 0.365. The highest BCUT2D eigenvalue weighted by Crippen LogP contribution is 2.29.